The zero-order valence-electron chi connectivity index (χ0n) is 15.4. The van der Waals surface area contributed by atoms with Gasteiger partial charge in [0.2, 0.25) is 5.91 Å². The molecule has 0 spiro atoms. The monoisotopic (exact) mass is 355 g/mol. The lowest BCUT2D eigenvalue weighted by Gasteiger charge is -2.11. The second-order valence-electron chi connectivity index (χ2n) is 6.23. The van der Waals surface area contributed by atoms with E-state index in [4.69, 9.17) is 0 Å². The molecule has 0 radical (unpaired) electrons. The Morgan fingerprint density at radius 2 is 1.77 bits per heavy atom. The molecule has 0 aliphatic carbocycles. The molecule has 0 atom stereocenters. The zero-order chi connectivity index (χ0) is 18.9. The number of rotatable bonds is 8. The Morgan fingerprint density at radius 1 is 1.08 bits per heavy atom. The molecule has 0 bridgehead atoms. The highest BCUT2D eigenvalue weighted by Crippen LogP contribution is 2.18. The lowest BCUT2D eigenvalue weighted by Crippen LogP contribution is -2.27. The van der Waals surface area contributed by atoms with Gasteiger partial charge in [0.25, 0.3) is 5.91 Å². The first-order chi connectivity index (χ1) is 12.4. The van der Waals surface area contributed by atoms with Crippen molar-refractivity contribution in [2.75, 3.05) is 37.8 Å². The Labute approximate surface area is 153 Å². The van der Waals surface area contributed by atoms with E-state index in [2.05, 4.69) is 25.8 Å². The molecule has 0 saturated heterocycles. The number of hydrogen-bond donors (Lipinski definition) is 3. The summed E-state index contributed by atoms with van der Waals surface area (Å²) < 4.78 is 0. The maximum atomic E-state index is 12.2. The third-order valence-electron chi connectivity index (χ3n) is 3.57. The number of hydrogen-bond acceptors (Lipinski definition) is 5. The van der Waals surface area contributed by atoms with Gasteiger partial charge in [-0.2, -0.15) is 0 Å². The SMILES string of the molecule is CC(=O)Nc1ccc(Nc2cc(C(=O)NCCCN(C)C)ccn2)cc1. The van der Waals surface area contributed by atoms with Gasteiger partial charge in [0.05, 0.1) is 0 Å². The normalized spacial score (nSPS) is 10.5. The minimum Gasteiger partial charge on any atom is -0.352 e. The Balaban J connectivity index is 1.93. The molecule has 1 aromatic carbocycles. The molecule has 7 heteroatoms. The maximum absolute atomic E-state index is 12.2. The van der Waals surface area contributed by atoms with Crippen LogP contribution in [0.15, 0.2) is 42.6 Å². The molecule has 0 aliphatic rings. The van der Waals surface area contributed by atoms with Crippen molar-refractivity contribution in [2.24, 2.45) is 0 Å². The van der Waals surface area contributed by atoms with Crippen LogP contribution in [0.4, 0.5) is 17.2 Å². The first-order valence-electron chi connectivity index (χ1n) is 8.47. The molecule has 138 valence electrons. The average molecular weight is 355 g/mol. The summed E-state index contributed by atoms with van der Waals surface area (Å²) in [7, 11) is 4.01. The van der Waals surface area contributed by atoms with Crippen molar-refractivity contribution in [3.05, 3.63) is 48.2 Å². The molecule has 3 N–H and O–H groups in total. The van der Waals surface area contributed by atoms with Crippen LogP contribution in [0.2, 0.25) is 0 Å². The fraction of sp³-hybridized carbons (Fsp3) is 0.316. The molecular formula is C19H25N5O2. The fourth-order valence-corrected chi connectivity index (χ4v) is 2.33. The largest absolute Gasteiger partial charge is 0.352 e. The van der Waals surface area contributed by atoms with Gasteiger partial charge in [0.1, 0.15) is 5.82 Å². The Morgan fingerprint density at radius 3 is 2.42 bits per heavy atom. The summed E-state index contributed by atoms with van der Waals surface area (Å²) in [4.78, 5) is 29.6. The Kier molecular flexibility index (Phi) is 7.11. The molecule has 2 aromatic rings. The highest BCUT2D eigenvalue weighted by Gasteiger charge is 2.07. The smallest absolute Gasteiger partial charge is 0.251 e. The standard InChI is InChI=1S/C19H25N5O2/c1-14(25)22-16-5-7-17(8-6-16)23-18-13-15(9-11-20-18)19(26)21-10-4-12-24(2)3/h5-9,11,13H,4,10,12H2,1-3H3,(H,20,23)(H,21,26)(H,22,25). The molecule has 26 heavy (non-hydrogen) atoms. The van der Waals surface area contributed by atoms with Gasteiger partial charge in [-0.15, -0.1) is 0 Å². The van der Waals surface area contributed by atoms with Crippen LogP contribution in [0.3, 0.4) is 0 Å². The third kappa shape index (κ3) is 6.52. The molecule has 0 aliphatic heterocycles. The van der Waals surface area contributed by atoms with Crippen LogP contribution in [-0.2, 0) is 4.79 Å². The summed E-state index contributed by atoms with van der Waals surface area (Å²) in [6, 6.07) is 10.7. The van der Waals surface area contributed by atoms with E-state index in [1.807, 2.05) is 26.2 Å². The van der Waals surface area contributed by atoms with Crippen molar-refractivity contribution < 1.29 is 9.59 Å². The summed E-state index contributed by atoms with van der Waals surface area (Å²) in [5.41, 5.74) is 2.10. The van der Waals surface area contributed by atoms with Gasteiger partial charge in [0.15, 0.2) is 0 Å². The van der Waals surface area contributed by atoms with Gasteiger partial charge in [-0.1, -0.05) is 0 Å². The second kappa shape index (κ2) is 9.53. The van der Waals surface area contributed by atoms with Crippen LogP contribution < -0.4 is 16.0 Å². The second-order valence-corrected chi connectivity index (χ2v) is 6.23. The number of pyridine rings is 1. The number of amides is 2. The van der Waals surface area contributed by atoms with E-state index in [0.29, 0.717) is 17.9 Å². The maximum Gasteiger partial charge on any atom is 0.251 e. The zero-order valence-corrected chi connectivity index (χ0v) is 15.4. The minimum absolute atomic E-state index is 0.114. The van der Waals surface area contributed by atoms with Gasteiger partial charge < -0.3 is 20.9 Å². The van der Waals surface area contributed by atoms with E-state index >= 15 is 0 Å². The number of benzene rings is 1. The van der Waals surface area contributed by atoms with Crippen LogP contribution in [-0.4, -0.2) is 48.9 Å². The predicted octanol–water partition coefficient (Wildman–Crippen LogP) is 2.47. The summed E-state index contributed by atoms with van der Waals surface area (Å²) in [5, 5.41) is 8.77. The minimum atomic E-state index is -0.116. The number of anilines is 3. The molecule has 1 aromatic heterocycles. The Hall–Kier alpha value is -2.93. The average Bonchev–Trinajstić information content (AvgIpc) is 2.60. The van der Waals surface area contributed by atoms with E-state index in [1.54, 1.807) is 30.5 Å². The highest BCUT2D eigenvalue weighted by atomic mass is 16.2. The fourth-order valence-electron chi connectivity index (χ4n) is 2.33. The van der Waals surface area contributed by atoms with Gasteiger partial charge in [-0.05, 0) is 63.5 Å². The molecule has 0 saturated carbocycles. The number of nitrogens with one attached hydrogen (secondary N) is 3. The number of nitrogens with zero attached hydrogens (tertiary/aromatic N) is 2. The topological polar surface area (TPSA) is 86.4 Å². The lowest BCUT2D eigenvalue weighted by molar-refractivity contribution is -0.114. The van der Waals surface area contributed by atoms with Crippen molar-refractivity contribution in [1.29, 1.82) is 0 Å². The van der Waals surface area contributed by atoms with E-state index in [1.165, 1.54) is 6.92 Å². The molecule has 0 unspecified atom stereocenters. The molecule has 1 heterocycles. The summed E-state index contributed by atoms with van der Waals surface area (Å²) in [5.74, 6) is 0.352. The molecule has 2 amide bonds. The molecular weight excluding hydrogens is 330 g/mol. The highest BCUT2D eigenvalue weighted by molar-refractivity contribution is 5.95. The Bertz CT molecular complexity index is 744. The van der Waals surface area contributed by atoms with Crippen molar-refractivity contribution >= 4 is 29.0 Å². The summed E-state index contributed by atoms with van der Waals surface area (Å²) in [6.45, 7) is 3.03. The molecule has 0 fully saturated rings. The summed E-state index contributed by atoms with van der Waals surface area (Å²) >= 11 is 0. The van der Waals surface area contributed by atoms with Crippen LogP contribution >= 0.6 is 0 Å². The van der Waals surface area contributed by atoms with Gasteiger partial charge >= 0.3 is 0 Å². The number of carbonyl (C=O) groups excluding carboxylic acids is 2. The lowest BCUT2D eigenvalue weighted by atomic mass is 10.2. The van der Waals surface area contributed by atoms with Gasteiger partial charge in [-0.3, -0.25) is 9.59 Å². The number of aromatic nitrogens is 1. The van der Waals surface area contributed by atoms with E-state index in [-0.39, 0.29) is 11.8 Å². The third-order valence-corrected chi connectivity index (χ3v) is 3.57. The van der Waals surface area contributed by atoms with Crippen molar-refractivity contribution in [3.8, 4) is 0 Å². The van der Waals surface area contributed by atoms with Crippen molar-refractivity contribution in [1.82, 2.24) is 15.2 Å². The quantitative estimate of drug-likeness (QED) is 0.633. The summed E-state index contributed by atoms with van der Waals surface area (Å²) in [6.07, 6.45) is 2.50. The van der Waals surface area contributed by atoms with Crippen LogP contribution in [0.5, 0.6) is 0 Å². The first-order valence-corrected chi connectivity index (χ1v) is 8.47. The number of carbonyl (C=O) groups is 2. The first kappa shape index (κ1) is 19.4. The van der Waals surface area contributed by atoms with E-state index in [9.17, 15) is 9.59 Å². The van der Waals surface area contributed by atoms with Crippen LogP contribution in [0.1, 0.15) is 23.7 Å². The van der Waals surface area contributed by atoms with Gasteiger partial charge in [-0.25, -0.2) is 4.98 Å². The van der Waals surface area contributed by atoms with Crippen LogP contribution in [0.25, 0.3) is 0 Å². The molecule has 2 rings (SSSR count). The molecule has 7 nitrogen and oxygen atoms in total. The van der Waals surface area contributed by atoms with Crippen molar-refractivity contribution in [3.63, 3.8) is 0 Å². The predicted molar refractivity (Wildman–Crippen MR) is 104 cm³/mol. The van der Waals surface area contributed by atoms with Gasteiger partial charge in [0, 0.05) is 36.6 Å². The van der Waals surface area contributed by atoms with E-state index in [0.717, 1.165) is 24.3 Å². The van der Waals surface area contributed by atoms with Crippen LogP contribution in [0, 0.1) is 0 Å². The van der Waals surface area contributed by atoms with Crippen molar-refractivity contribution in [2.45, 2.75) is 13.3 Å². The van der Waals surface area contributed by atoms with E-state index < -0.39 is 0 Å².